The average molecular weight is 371 g/mol. The Balaban J connectivity index is 2.26. The number of benzene rings is 2. The van der Waals surface area contributed by atoms with E-state index in [4.69, 9.17) is 0 Å². The average Bonchev–Trinajstić information content (AvgIpc) is 2.85. The van der Waals surface area contributed by atoms with Gasteiger partial charge < -0.3 is 5.11 Å². The molecule has 0 aliphatic carbocycles. The van der Waals surface area contributed by atoms with Crippen molar-refractivity contribution in [2.24, 2.45) is 5.41 Å². The van der Waals surface area contributed by atoms with Crippen LogP contribution in [0.1, 0.15) is 25.0 Å². The number of aliphatic hydroxyl groups is 1. The molecular formula is C20H21NO4S. The number of amides is 1. The third-order valence-electron chi connectivity index (χ3n) is 5.01. The molecule has 0 saturated carbocycles. The van der Waals surface area contributed by atoms with Crippen LogP contribution in [0.25, 0.3) is 0 Å². The fourth-order valence-electron chi connectivity index (χ4n) is 3.15. The molecule has 0 bridgehead atoms. The smallest absolute Gasteiger partial charge is 0.278 e. The van der Waals surface area contributed by atoms with Crippen molar-refractivity contribution in [3.8, 4) is 0 Å². The van der Waals surface area contributed by atoms with E-state index in [0.717, 1.165) is 5.56 Å². The van der Waals surface area contributed by atoms with Gasteiger partial charge in [-0.15, -0.1) is 6.58 Å². The molecule has 26 heavy (non-hydrogen) atoms. The molecule has 0 aromatic heterocycles. The Hall–Kier alpha value is -2.44. The molecule has 1 atom stereocenters. The Kier molecular flexibility index (Phi) is 4.09. The lowest BCUT2D eigenvalue weighted by Crippen LogP contribution is -2.50. The first kappa shape index (κ1) is 18.4. The zero-order chi connectivity index (χ0) is 19.3. The normalized spacial score (nSPS) is 20.2. The predicted octanol–water partition coefficient (Wildman–Crippen LogP) is 3.13. The number of rotatable bonds is 4. The first-order valence-electron chi connectivity index (χ1n) is 8.19. The number of carbonyl (C=O) groups excluding carboxylic acids is 1. The lowest BCUT2D eigenvalue weighted by atomic mass is 9.71. The minimum Gasteiger partial charge on any atom is -0.375 e. The molecular weight excluding hydrogens is 350 g/mol. The van der Waals surface area contributed by atoms with Crippen molar-refractivity contribution >= 4 is 21.6 Å². The molecule has 0 spiro atoms. The van der Waals surface area contributed by atoms with Gasteiger partial charge in [0.2, 0.25) is 0 Å². The second kappa shape index (κ2) is 5.79. The first-order valence-corrected chi connectivity index (χ1v) is 9.63. The summed E-state index contributed by atoms with van der Waals surface area (Å²) in [4.78, 5) is 13.2. The SMILES string of the molecule is C=CC(C)(C)C1(O)C(=O)N(S(=O)(=O)c2ccc(C)cc2)c2ccccc21. The van der Waals surface area contributed by atoms with E-state index in [-0.39, 0.29) is 16.1 Å². The van der Waals surface area contributed by atoms with Gasteiger partial charge in [-0.05, 0) is 25.1 Å². The molecule has 0 radical (unpaired) electrons. The molecule has 1 heterocycles. The molecule has 1 N–H and O–H groups in total. The quantitative estimate of drug-likeness (QED) is 0.838. The van der Waals surface area contributed by atoms with Crippen molar-refractivity contribution in [1.82, 2.24) is 0 Å². The van der Waals surface area contributed by atoms with E-state index in [0.29, 0.717) is 4.31 Å². The second-order valence-corrected chi connectivity index (χ2v) is 8.83. The summed E-state index contributed by atoms with van der Waals surface area (Å²) in [6, 6.07) is 12.6. The molecule has 6 heteroatoms. The van der Waals surface area contributed by atoms with Gasteiger partial charge in [0.1, 0.15) is 0 Å². The monoisotopic (exact) mass is 371 g/mol. The van der Waals surface area contributed by atoms with Crippen molar-refractivity contribution in [2.45, 2.75) is 31.3 Å². The highest BCUT2D eigenvalue weighted by Gasteiger charge is 2.60. The van der Waals surface area contributed by atoms with Crippen molar-refractivity contribution in [3.63, 3.8) is 0 Å². The molecule has 0 fully saturated rings. The molecule has 1 aliphatic heterocycles. The van der Waals surface area contributed by atoms with Gasteiger partial charge in [-0.3, -0.25) is 4.79 Å². The standard InChI is InChI=1S/C20H21NO4S/c1-5-19(3,4)20(23)16-8-6-7-9-17(16)21(18(20)22)26(24,25)15-12-10-14(2)11-13-15/h5-13,23H,1H2,2-4H3. The zero-order valence-electron chi connectivity index (χ0n) is 14.9. The Bertz CT molecular complexity index is 993. The minimum absolute atomic E-state index is 0.00749. The van der Waals surface area contributed by atoms with Gasteiger partial charge >= 0.3 is 0 Å². The third kappa shape index (κ3) is 2.33. The zero-order valence-corrected chi connectivity index (χ0v) is 15.7. The number of nitrogens with zero attached hydrogens (tertiary/aromatic N) is 1. The molecule has 5 nitrogen and oxygen atoms in total. The molecule has 1 aliphatic rings. The van der Waals surface area contributed by atoms with E-state index in [9.17, 15) is 18.3 Å². The number of para-hydroxylation sites is 1. The van der Waals surface area contributed by atoms with E-state index in [1.165, 1.54) is 24.3 Å². The molecule has 2 aromatic carbocycles. The lowest BCUT2D eigenvalue weighted by molar-refractivity contribution is -0.144. The van der Waals surface area contributed by atoms with Gasteiger partial charge in [0.25, 0.3) is 15.9 Å². The summed E-state index contributed by atoms with van der Waals surface area (Å²) in [5, 5.41) is 11.3. The van der Waals surface area contributed by atoms with Gasteiger partial charge in [0.15, 0.2) is 5.60 Å². The van der Waals surface area contributed by atoms with Crippen molar-refractivity contribution in [1.29, 1.82) is 0 Å². The number of hydrogen-bond acceptors (Lipinski definition) is 4. The number of aryl methyl sites for hydroxylation is 1. The second-order valence-electron chi connectivity index (χ2n) is 7.04. The highest BCUT2D eigenvalue weighted by atomic mass is 32.2. The summed E-state index contributed by atoms with van der Waals surface area (Å²) in [6.07, 6.45) is 1.46. The van der Waals surface area contributed by atoms with Crippen LogP contribution in [-0.2, 0) is 20.4 Å². The van der Waals surface area contributed by atoms with Crippen LogP contribution in [0, 0.1) is 12.3 Å². The number of carbonyl (C=O) groups is 1. The van der Waals surface area contributed by atoms with Crippen molar-refractivity contribution in [2.75, 3.05) is 4.31 Å². The predicted molar refractivity (Wildman–Crippen MR) is 100 cm³/mol. The molecule has 3 rings (SSSR count). The fourth-order valence-corrected chi connectivity index (χ4v) is 4.61. The van der Waals surface area contributed by atoms with Gasteiger partial charge in [-0.1, -0.05) is 55.8 Å². The minimum atomic E-state index is -4.17. The number of sulfonamides is 1. The number of anilines is 1. The van der Waals surface area contributed by atoms with Crippen LogP contribution < -0.4 is 4.31 Å². The Morgan fingerprint density at radius 1 is 1.12 bits per heavy atom. The van der Waals surface area contributed by atoms with Crippen LogP contribution in [0.15, 0.2) is 66.1 Å². The lowest BCUT2D eigenvalue weighted by Gasteiger charge is -2.36. The largest absolute Gasteiger partial charge is 0.375 e. The van der Waals surface area contributed by atoms with Crippen LogP contribution in [0.5, 0.6) is 0 Å². The molecule has 2 aromatic rings. The topological polar surface area (TPSA) is 74.7 Å². The first-order chi connectivity index (χ1) is 12.1. The summed E-state index contributed by atoms with van der Waals surface area (Å²) in [5.74, 6) is -0.899. The Morgan fingerprint density at radius 3 is 2.27 bits per heavy atom. The Morgan fingerprint density at radius 2 is 1.69 bits per heavy atom. The highest BCUT2D eigenvalue weighted by molar-refractivity contribution is 7.93. The molecule has 1 amide bonds. The number of fused-ring (bicyclic) bond motifs is 1. The Labute approximate surface area is 153 Å². The van der Waals surface area contributed by atoms with E-state index >= 15 is 0 Å². The molecule has 0 saturated heterocycles. The van der Waals surface area contributed by atoms with E-state index in [2.05, 4.69) is 6.58 Å². The van der Waals surface area contributed by atoms with Crippen LogP contribution in [0.4, 0.5) is 5.69 Å². The molecule has 136 valence electrons. The highest BCUT2D eigenvalue weighted by Crippen LogP contribution is 2.51. The maximum atomic E-state index is 13.2. The van der Waals surface area contributed by atoms with Crippen molar-refractivity contribution < 1.29 is 18.3 Å². The third-order valence-corrected chi connectivity index (χ3v) is 6.72. The fraction of sp³-hybridized carbons (Fsp3) is 0.250. The summed E-state index contributed by atoms with van der Waals surface area (Å²) in [7, 11) is -4.17. The van der Waals surface area contributed by atoms with Crippen LogP contribution >= 0.6 is 0 Å². The van der Waals surface area contributed by atoms with Crippen LogP contribution in [0.2, 0.25) is 0 Å². The van der Waals surface area contributed by atoms with Crippen LogP contribution in [-0.4, -0.2) is 19.4 Å². The van der Waals surface area contributed by atoms with Gasteiger partial charge in [-0.25, -0.2) is 8.42 Å². The van der Waals surface area contributed by atoms with E-state index in [1.807, 2.05) is 6.92 Å². The van der Waals surface area contributed by atoms with E-state index < -0.39 is 26.9 Å². The van der Waals surface area contributed by atoms with Crippen molar-refractivity contribution in [3.05, 3.63) is 72.3 Å². The maximum Gasteiger partial charge on any atom is 0.278 e. The van der Waals surface area contributed by atoms with Crippen LogP contribution in [0.3, 0.4) is 0 Å². The maximum absolute atomic E-state index is 13.2. The molecule has 1 unspecified atom stereocenters. The summed E-state index contributed by atoms with van der Waals surface area (Å²) in [5.41, 5.74) is -1.77. The summed E-state index contributed by atoms with van der Waals surface area (Å²) < 4.78 is 27.1. The van der Waals surface area contributed by atoms with Gasteiger partial charge in [0.05, 0.1) is 10.6 Å². The van der Waals surface area contributed by atoms with E-state index in [1.54, 1.807) is 44.2 Å². The van der Waals surface area contributed by atoms with Gasteiger partial charge in [0, 0.05) is 11.0 Å². The summed E-state index contributed by atoms with van der Waals surface area (Å²) >= 11 is 0. The summed E-state index contributed by atoms with van der Waals surface area (Å²) in [6.45, 7) is 8.85. The van der Waals surface area contributed by atoms with Gasteiger partial charge in [-0.2, -0.15) is 4.31 Å². The number of hydrogen-bond donors (Lipinski definition) is 1.